The third kappa shape index (κ3) is 6.32. The van der Waals surface area contributed by atoms with Gasteiger partial charge in [-0.2, -0.15) is 0 Å². The predicted octanol–water partition coefficient (Wildman–Crippen LogP) is 5.20. The monoisotopic (exact) mass is 394 g/mol. The molecule has 0 aliphatic carbocycles. The topological polar surface area (TPSA) is 59.8 Å². The van der Waals surface area contributed by atoms with Gasteiger partial charge in [0.1, 0.15) is 5.82 Å². The Morgan fingerprint density at radius 3 is 2.65 bits per heavy atom. The molecule has 1 amide bonds. The van der Waals surface area contributed by atoms with Crippen molar-refractivity contribution in [3.8, 4) is 0 Å². The highest BCUT2D eigenvalue weighted by Gasteiger charge is 2.13. The second kappa shape index (κ2) is 11.2. The number of benzene rings is 1. The number of carbonyl (C=O) groups is 1. The van der Waals surface area contributed by atoms with Crippen molar-refractivity contribution < 1.29 is 4.79 Å². The number of aryl methyl sites for hydroxylation is 1. The van der Waals surface area contributed by atoms with Crippen molar-refractivity contribution in [1.82, 2.24) is 14.8 Å². The average Bonchev–Trinajstić information content (AvgIpc) is 3.03. The molecule has 0 unspecified atom stereocenters. The Hall–Kier alpha value is -1.53. The van der Waals surface area contributed by atoms with Crippen LogP contribution >= 0.6 is 23.4 Å². The first kappa shape index (κ1) is 20.8. The highest BCUT2D eigenvalue weighted by Crippen LogP contribution is 2.22. The van der Waals surface area contributed by atoms with Gasteiger partial charge in [0.2, 0.25) is 5.91 Å². The van der Waals surface area contributed by atoms with Crippen LogP contribution in [0.1, 0.15) is 51.8 Å². The van der Waals surface area contributed by atoms with Crippen molar-refractivity contribution >= 4 is 35.0 Å². The van der Waals surface area contributed by atoms with Crippen molar-refractivity contribution in [2.75, 3.05) is 11.1 Å². The number of amides is 1. The van der Waals surface area contributed by atoms with E-state index in [0.29, 0.717) is 10.7 Å². The van der Waals surface area contributed by atoms with Crippen LogP contribution in [0.15, 0.2) is 29.4 Å². The SMILES string of the molecule is CCCCCCCc1nnc(SCC(=O)Nc2ccccc2Cl)n1CC. The molecule has 7 heteroatoms. The van der Waals surface area contributed by atoms with Crippen LogP contribution in [0.3, 0.4) is 0 Å². The fourth-order valence-electron chi connectivity index (χ4n) is 2.69. The molecule has 0 spiro atoms. The molecule has 5 nitrogen and oxygen atoms in total. The summed E-state index contributed by atoms with van der Waals surface area (Å²) >= 11 is 7.48. The molecule has 1 aromatic carbocycles. The molecule has 26 heavy (non-hydrogen) atoms. The number of nitrogens with zero attached hydrogens (tertiary/aromatic N) is 3. The summed E-state index contributed by atoms with van der Waals surface area (Å²) in [6.45, 7) is 5.11. The maximum atomic E-state index is 12.2. The lowest BCUT2D eigenvalue weighted by Crippen LogP contribution is -2.15. The van der Waals surface area contributed by atoms with Gasteiger partial charge in [-0.25, -0.2) is 0 Å². The Bertz CT molecular complexity index is 705. The minimum atomic E-state index is -0.102. The molecule has 0 radical (unpaired) electrons. The van der Waals surface area contributed by atoms with Gasteiger partial charge in [0.15, 0.2) is 5.16 Å². The minimum Gasteiger partial charge on any atom is -0.324 e. The van der Waals surface area contributed by atoms with Crippen molar-refractivity contribution in [3.63, 3.8) is 0 Å². The molecule has 1 N–H and O–H groups in total. The molecule has 2 rings (SSSR count). The number of unbranched alkanes of at least 4 members (excludes halogenated alkanes) is 4. The fraction of sp³-hybridized carbons (Fsp3) is 0.526. The number of rotatable bonds is 11. The van der Waals surface area contributed by atoms with Crippen LogP contribution in [-0.4, -0.2) is 26.4 Å². The summed E-state index contributed by atoms with van der Waals surface area (Å²) < 4.78 is 2.10. The summed E-state index contributed by atoms with van der Waals surface area (Å²) in [6.07, 6.45) is 7.13. The lowest BCUT2D eigenvalue weighted by atomic mass is 10.1. The van der Waals surface area contributed by atoms with Crippen LogP contribution in [0.4, 0.5) is 5.69 Å². The van der Waals surface area contributed by atoms with Gasteiger partial charge in [0, 0.05) is 13.0 Å². The van der Waals surface area contributed by atoms with E-state index in [2.05, 4.69) is 33.9 Å². The molecule has 0 bridgehead atoms. The number of carbonyl (C=O) groups excluding carboxylic acids is 1. The number of para-hydroxylation sites is 1. The van der Waals surface area contributed by atoms with Gasteiger partial charge in [-0.05, 0) is 25.5 Å². The van der Waals surface area contributed by atoms with Crippen LogP contribution in [0.5, 0.6) is 0 Å². The van der Waals surface area contributed by atoms with Crippen molar-refractivity contribution in [3.05, 3.63) is 35.1 Å². The molecule has 0 atom stereocenters. The van der Waals surface area contributed by atoms with Gasteiger partial charge < -0.3 is 9.88 Å². The van der Waals surface area contributed by atoms with Crippen LogP contribution in [0, 0.1) is 0 Å². The van der Waals surface area contributed by atoms with Crippen molar-refractivity contribution in [2.24, 2.45) is 0 Å². The third-order valence-electron chi connectivity index (χ3n) is 4.09. The lowest BCUT2D eigenvalue weighted by molar-refractivity contribution is -0.113. The highest BCUT2D eigenvalue weighted by atomic mass is 35.5. The second-order valence-corrected chi connectivity index (χ2v) is 7.47. The smallest absolute Gasteiger partial charge is 0.234 e. The van der Waals surface area contributed by atoms with E-state index in [4.69, 9.17) is 11.6 Å². The van der Waals surface area contributed by atoms with Gasteiger partial charge in [-0.15, -0.1) is 10.2 Å². The van der Waals surface area contributed by atoms with Crippen LogP contribution < -0.4 is 5.32 Å². The fourth-order valence-corrected chi connectivity index (χ4v) is 3.70. The van der Waals surface area contributed by atoms with Crippen LogP contribution in [0.2, 0.25) is 5.02 Å². The van der Waals surface area contributed by atoms with Gasteiger partial charge in [0.25, 0.3) is 0 Å². The number of nitrogens with one attached hydrogen (secondary N) is 1. The van der Waals surface area contributed by atoms with Crippen molar-refractivity contribution in [1.29, 1.82) is 0 Å². The predicted molar refractivity (Wildman–Crippen MR) is 109 cm³/mol. The van der Waals surface area contributed by atoms with E-state index in [-0.39, 0.29) is 11.7 Å². The first-order valence-corrected chi connectivity index (χ1v) is 10.6. The molecule has 2 aromatic rings. The number of anilines is 1. The number of hydrogen-bond acceptors (Lipinski definition) is 4. The summed E-state index contributed by atoms with van der Waals surface area (Å²) in [5.41, 5.74) is 0.629. The normalized spacial score (nSPS) is 10.9. The zero-order valence-electron chi connectivity index (χ0n) is 15.5. The number of hydrogen-bond donors (Lipinski definition) is 1. The summed E-state index contributed by atoms with van der Waals surface area (Å²) in [6, 6.07) is 7.22. The Balaban J connectivity index is 1.85. The molecule has 1 aromatic heterocycles. The molecule has 0 aliphatic heterocycles. The van der Waals surface area contributed by atoms with Gasteiger partial charge in [-0.1, -0.05) is 68.1 Å². The van der Waals surface area contributed by atoms with E-state index < -0.39 is 0 Å². The van der Waals surface area contributed by atoms with E-state index in [1.165, 1.54) is 37.4 Å². The lowest BCUT2D eigenvalue weighted by Gasteiger charge is -2.08. The van der Waals surface area contributed by atoms with Crippen molar-refractivity contribution in [2.45, 2.75) is 64.1 Å². The maximum Gasteiger partial charge on any atom is 0.234 e. The summed E-state index contributed by atoms with van der Waals surface area (Å²) in [7, 11) is 0. The zero-order chi connectivity index (χ0) is 18.8. The molecular formula is C19H27ClN4OS. The van der Waals surface area contributed by atoms with E-state index >= 15 is 0 Å². The number of thioether (sulfide) groups is 1. The molecule has 1 heterocycles. The second-order valence-electron chi connectivity index (χ2n) is 6.12. The number of aromatic nitrogens is 3. The van der Waals surface area contributed by atoms with Crippen LogP contribution in [-0.2, 0) is 17.8 Å². The quantitative estimate of drug-likeness (QED) is 0.420. The van der Waals surface area contributed by atoms with Gasteiger partial charge in [0.05, 0.1) is 16.5 Å². The Morgan fingerprint density at radius 1 is 1.15 bits per heavy atom. The standard InChI is InChI=1S/C19H27ClN4OS/c1-3-5-6-7-8-13-17-22-23-19(24(17)4-2)26-14-18(25)21-16-12-10-9-11-15(16)20/h9-12H,3-8,13-14H2,1-2H3,(H,21,25). The van der Waals surface area contributed by atoms with E-state index in [0.717, 1.165) is 30.4 Å². The molecule has 0 saturated carbocycles. The average molecular weight is 395 g/mol. The molecule has 0 aliphatic rings. The van der Waals surface area contributed by atoms with E-state index in [9.17, 15) is 4.79 Å². The highest BCUT2D eigenvalue weighted by molar-refractivity contribution is 7.99. The van der Waals surface area contributed by atoms with E-state index in [1.807, 2.05) is 12.1 Å². The maximum absolute atomic E-state index is 12.2. The first-order valence-electron chi connectivity index (χ1n) is 9.25. The molecule has 142 valence electrons. The Labute approximate surface area is 164 Å². The van der Waals surface area contributed by atoms with Crippen LogP contribution in [0.25, 0.3) is 0 Å². The summed E-state index contributed by atoms with van der Waals surface area (Å²) in [5, 5.41) is 12.7. The molecule has 0 fully saturated rings. The third-order valence-corrected chi connectivity index (χ3v) is 5.39. The molecular weight excluding hydrogens is 368 g/mol. The van der Waals surface area contributed by atoms with E-state index in [1.54, 1.807) is 12.1 Å². The summed E-state index contributed by atoms with van der Waals surface area (Å²) in [4.78, 5) is 12.2. The largest absolute Gasteiger partial charge is 0.324 e. The zero-order valence-corrected chi connectivity index (χ0v) is 17.1. The first-order chi connectivity index (χ1) is 12.7. The Kier molecular flexibility index (Phi) is 8.98. The number of halogens is 1. The Morgan fingerprint density at radius 2 is 1.92 bits per heavy atom. The molecule has 0 saturated heterocycles. The van der Waals surface area contributed by atoms with Gasteiger partial charge in [-0.3, -0.25) is 4.79 Å². The van der Waals surface area contributed by atoms with Gasteiger partial charge >= 0.3 is 0 Å². The summed E-state index contributed by atoms with van der Waals surface area (Å²) in [5.74, 6) is 1.19. The minimum absolute atomic E-state index is 0.102.